The minimum atomic E-state index is -3.97. The molecule has 0 aliphatic heterocycles. The monoisotopic (exact) mass is 244 g/mol. The number of hydrogen-bond donors (Lipinski definition) is 0. The Labute approximate surface area is 78.7 Å². The van der Waals surface area contributed by atoms with Gasteiger partial charge >= 0.3 is 6.18 Å². The van der Waals surface area contributed by atoms with Crippen molar-refractivity contribution in [2.45, 2.75) is 38.3 Å². The maximum absolute atomic E-state index is 11.7. The van der Waals surface area contributed by atoms with Crippen LogP contribution in [-0.2, 0) is 0 Å². The predicted octanol–water partition coefficient (Wildman–Crippen LogP) is 3.89. The lowest BCUT2D eigenvalue weighted by Crippen LogP contribution is -2.09. The Kier molecular flexibility index (Phi) is 3.07. The summed E-state index contributed by atoms with van der Waals surface area (Å²) < 4.78 is 35.2. The van der Waals surface area contributed by atoms with Crippen molar-refractivity contribution in [2.24, 2.45) is 5.41 Å². The van der Waals surface area contributed by atoms with Gasteiger partial charge in [-0.1, -0.05) is 15.9 Å². The Bertz CT molecular complexity index is 149. The molecule has 0 amide bonds. The maximum Gasteiger partial charge on any atom is 0.389 e. The van der Waals surface area contributed by atoms with Crippen LogP contribution in [0.4, 0.5) is 13.2 Å². The molecule has 1 saturated carbocycles. The van der Waals surface area contributed by atoms with Gasteiger partial charge in [-0.05, 0) is 31.1 Å². The molecule has 0 unspecified atom stereocenters. The molecule has 0 aromatic rings. The van der Waals surface area contributed by atoms with Gasteiger partial charge in [-0.15, -0.1) is 0 Å². The van der Waals surface area contributed by atoms with E-state index in [1.165, 1.54) is 0 Å². The third-order valence-corrected chi connectivity index (χ3v) is 3.60. The van der Waals surface area contributed by atoms with E-state index in [2.05, 4.69) is 15.9 Å². The topological polar surface area (TPSA) is 0 Å². The van der Waals surface area contributed by atoms with Gasteiger partial charge in [0, 0.05) is 11.8 Å². The molecule has 0 atom stereocenters. The molecule has 1 fully saturated rings. The zero-order valence-electron chi connectivity index (χ0n) is 6.75. The standard InChI is InChI=1S/C8H12BrF3/c9-6-7(4-5-7)2-1-3-8(10,11)12/h1-6H2. The van der Waals surface area contributed by atoms with Crippen LogP contribution in [0, 0.1) is 5.41 Å². The van der Waals surface area contributed by atoms with E-state index in [0.717, 1.165) is 24.6 Å². The molecule has 0 N–H and O–H groups in total. The van der Waals surface area contributed by atoms with Crippen LogP contribution in [-0.4, -0.2) is 11.5 Å². The zero-order chi connectivity index (χ0) is 9.24. The van der Waals surface area contributed by atoms with Gasteiger partial charge in [0.15, 0.2) is 0 Å². The predicted molar refractivity (Wildman–Crippen MR) is 45.4 cm³/mol. The third-order valence-electron chi connectivity index (χ3n) is 2.41. The summed E-state index contributed by atoms with van der Waals surface area (Å²) >= 11 is 3.33. The van der Waals surface area contributed by atoms with E-state index in [1.807, 2.05) is 0 Å². The van der Waals surface area contributed by atoms with E-state index in [1.54, 1.807) is 0 Å². The average molecular weight is 245 g/mol. The molecule has 0 aromatic heterocycles. The first-order valence-corrected chi connectivity index (χ1v) is 5.22. The summed E-state index contributed by atoms with van der Waals surface area (Å²) in [6.07, 6.45) is -1.40. The fourth-order valence-corrected chi connectivity index (χ4v) is 2.13. The summed E-state index contributed by atoms with van der Waals surface area (Å²) in [6, 6.07) is 0. The Balaban J connectivity index is 2.10. The zero-order valence-corrected chi connectivity index (χ0v) is 8.34. The second-order valence-electron chi connectivity index (χ2n) is 3.60. The summed E-state index contributed by atoms with van der Waals surface area (Å²) in [6.45, 7) is 0. The molecular formula is C8H12BrF3. The van der Waals surface area contributed by atoms with Crippen molar-refractivity contribution in [3.8, 4) is 0 Å². The van der Waals surface area contributed by atoms with Crippen LogP contribution >= 0.6 is 15.9 Å². The molecule has 1 aliphatic rings. The molecule has 0 saturated heterocycles. The number of halogens is 4. The van der Waals surface area contributed by atoms with Crippen LogP contribution in [0.2, 0.25) is 0 Å². The Morgan fingerprint density at radius 1 is 1.25 bits per heavy atom. The first kappa shape index (κ1) is 10.4. The van der Waals surface area contributed by atoms with Gasteiger partial charge in [-0.2, -0.15) is 13.2 Å². The quantitative estimate of drug-likeness (QED) is 0.659. The molecule has 0 spiro atoms. The molecular weight excluding hydrogens is 233 g/mol. The van der Waals surface area contributed by atoms with Crippen molar-refractivity contribution in [2.75, 3.05) is 5.33 Å². The second kappa shape index (κ2) is 3.56. The largest absolute Gasteiger partial charge is 0.389 e. The molecule has 72 valence electrons. The number of hydrogen-bond acceptors (Lipinski definition) is 0. The Hall–Kier alpha value is 0.270. The van der Waals surface area contributed by atoms with Crippen molar-refractivity contribution in [1.29, 1.82) is 0 Å². The number of rotatable bonds is 4. The average Bonchev–Trinajstić information content (AvgIpc) is 2.67. The van der Waals surface area contributed by atoms with Gasteiger partial charge in [0.2, 0.25) is 0 Å². The van der Waals surface area contributed by atoms with Crippen molar-refractivity contribution in [1.82, 2.24) is 0 Å². The van der Waals surface area contributed by atoms with Crippen LogP contribution in [0.3, 0.4) is 0 Å². The highest BCUT2D eigenvalue weighted by Crippen LogP contribution is 2.51. The van der Waals surface area contributed by atoms with Gasteiger partial charge in [-0.3, -0.25) is 0 Å². The van der Waals surface area contributed by atoms with Crippen molar-refractivity contribution < 1.29 is 13.2 Å². The van der Waals surface area contributed by atoms with Gasteiger partial charge in [0.1, 0.15) is 0 Å². The second-order valence-corrected chi connectivity index (χ2v) is 4.16. The van der Waals surface area contributed by atoms with Crippen molar-refractivity contribution in [3.05, 3.63) is 0 Å². The van der Waals surface area contributed by atoms with E-state index >= 15 is 0 Å². The van der Waals surface area contributed by atoms with Gasteiger partial charge in [-0.25, -0.2) is 0 Å². The van der Waals surface area contributed by atoms with Gasteiger partial charge < -0.3 is 0 Å². The van der Waals surface area contributed by atoms with E-state index in [-0.39, 0.29) is 11.8 Å². The maximum atomic E-state index is 11.7. The van der Waals surface area contributed by atoms with E-state index < -0.39 is 12.6 Å². The molecule has 0 nitrogen and oxygen atoms in total. The highest BCUT2D eigenvalue weighted by Gasteiger charge is 2.41. The summed E-state index contributed by atoms with van der Waals surface area (Å²) in [5, 5.41) is 0.859. The lowest BCUT2D eigenvalue weighted by Gasteiger charge is -2.11. The molecule has 0 bridgehead atoms. The van der Waals surface area contributed by atoms with Crippen molar-refractivity contribution >= 4 is 15.9 Å². The highest BCUT2D eigenvalue weighted by molar-refractivity contribution is 9.09. The molecule has 1 rings (SSSR count). The summed E-state index contributed by atoms with van der Waals surface area (Å²) in [7, 11) is 0. The molecule has 12 heavy (non-hydrogen) atoms. The number of alkyl halides is 4. The lowest BCUT2D eigenvalue weighted by atomic mass is 10.0. The van der Waals surface area contributed by atoms with E-state index in [4.69, 9.17) is 0 Å². The normalized spacial score (nSPS) is 21.0. The first-order valence-electron chi connectivity index (χ1n) is 4.10. The SMILES string of the molecule is FC(F)(F)CCCC1(CBr)CC1. The molecule has 1 aliphatic carbocycles. The van der Waals surface area contributed by atoms with Crippen LogP contribution in [0.15, 0.2) is 0 Å². The summed E-state index contributed by atoms with van der Waals surface area (Å²) in [5.74, 6) is 0. The van der Waals surface area contributed by atoms with Crippen molar-refractivity contribution in [3.63, 3.8) is 0 Å². The lowest BCUT2D eigenvalue weighted by molar-refractivity contribution is -0.136. The molecule has 4 heteroatoms. The minimum absolute atomic E-state index is 0.227. The Morgan fingerprint density at radius 3 is 2.17 bits per heavy atom. The minimum Gasteiger partial charge on any atom is -0.171 e. The van der Waals surface area contributed by atoms with E-state index in [0.29, 0.717) is 0 Å². The first-order chi connectivity index (χ1) is 5.47. The summed E-state index contributed by atoms with van der Waals surface area (Å²) in [5.41, 5.74) is 0.227. The Morgan fingerprint density at radius 2 is 1.83 bits per heavy atom. The van der Waals surface area contributed by atoms with E-state index in [9.17, 15) is 13.2 Å². The van der Waals surface area contributed by atoms with Gasteiger partial charge in [0.25, 0.3) is 0 Å². The molecule has 0 radical (unpaired) electrons. The van der Waals surface area contributed by atoms with Crippen LogP contribution < -0.4 is 0 Å². The fourth-order valence-electron chi connectivity index (χ4n) is 1.29. The molecule has 0 heterocycles. The van der Waals surface area contributed by atoms with Crippen LogP contribution in [0.1, 0.15) is 32.1 Å². The summed E-state index contributed by atoms with van der Waals surface area (Å²) in [4.78, 5) is 0. The fraction of sp³-hybridized carbons (Fsp3) is 1.00. The van der Waals surface area contributed by atoms with Crippen LogP contribution in [0.5, 0.6) is 0 Å². The van der Waals surface area contributed by atoms with Gasteiger partial charge in [0.05, 0.1) is 0 Å². The third kappa shape index (κ3) is 3.33. The molecule has 0 aromatic carbocycles. The highest BCUT2D eigenvalue weighted by atomic mass is 79.9. The van der Waals surface area contributed by atoms with Crippen LogP contribution in [0.25, 0.3) is 0 Å². The smallest absolute Gasteiger partial charge is 0.171 e.